The topological polar surface area (TPSA) is 204 Å². The first-order chi connectivity index (χ1) is 24.3. The van der Waals surface area contributed by atoms with Crippen molar-refractivity contribution in [2.75, 3.05) is 38.0 Å². The molecule has 264 valence electrons. The average molecular weight is 692 g/mol. The number of benzene rings is 5. The fourth-order valence-corrected chi connectivity index (χ4v) is 4.76. The van der Waals surface area contributed by atoms with Gasteiger partial charge in [0.25, 0.3) is 5.69 Å². The van der Waals surface area contributed by atoms with Crippen molar-refractivity contribution >= 4 is 45.2 Å². The predicted molar refractivity (Wildman–Crippen MR) is 201 cm³/mol. The van der Waals surface area contributed by atoms with Gasteiger partial charge in [-0.2, -0.15) is 5.11 Å². The van der Waals surface area contributed by atoms with E-state index < -0.39 is 4.92 Å². The maximum absolute atomic E-state index is 10.6. The first-order valence-electron chi connectivity index (χ1n) is 16.0. The minimum Gasteiger partial charge on any atom is -0.497 e. The fraction of sp³-hybridized carbons (Fsp3) is 0.211. The maximum atomic E-state index is 10.6. The summed E-state index contributed by atoms with van der Waals surface area (Å²) in [5, 5.41) is 19.8. The Labute approximate surface area is 296 Å². The SMILES string of the molecule is CC[NH+]=c1cc2oc3cc(N)c(C)cc3nc-2cc1C.COc1cc(N)c(C)cc1N=Nc1ccc([N+](=O)[O-])cc1.COc1ccc(C)c(N)c1. The molecule has 1 aliphatic heterocycles. The number of ether oxygens (including phenoxy) is 2. The third-order valence-electron chi connectivity index (χ3n) is 7.87. The number of azo groups is 1. The van der Waals surface area contributed by atoms with Crippen LogP contribution in [0.2, 0.25) is 0 Å². The third kappa shape index (κ3) is 9.57. The Morgan fingerprint density at radius 1 is 0.784 bits per heavy atom. The molecule has 13 nitrogen and oxygen atoms in total. The monoisotopic (exact) mass is 691 g/mol. The number of nitrogens with two attached hydrogens (primary N) is 3. The molecule has 0 bridgehead atoms. The normalized spacial score (nSPS) is 11.2. The minimum absolute atomic E-state index is 0.00913. The molecular formula is C38H43N8O5+. The van der Waals surface area contributed by atoms with Crippen molar-refractivity contribution in [2.45, 2.75) is 34.6 Å². The number of hydrogen-bond donors (Lipinski definition) is 4. The number of anilines is 3. The van der Waals surface area contributed by atoms with Gasteiger partial charge in [-0.3, -0.25) is 10.1 Å². The second-order valence-electron chi connectivity index (χ2n) is 11.6. The zero-order chi connectivity index (χ0) is 37.2. The zero-order valence-electron chi connectivity index (χ0n) is 29.8. The van der Waals surface area contributed by atoms with E-state index in [1.165, 1.54) is 31.4 Å². The number of nitrogens with one attached hydrogen (secondary N) is 1. The molecule has 0 fully saturated rings. The van der Waals surface area contributed by atoms with E-state index in [1.807, 2.05) is 63.2 Å². The molecule has 0 amide bonds. The van der Waals surface area contributed by atoms with Crippen molar-refractivity contribution in [1.29, 1.82) is 0 Å². The van der Waals surface area contributed by atoms with Crippen molar-refractivity contribution in [3.8, 4) is 23.0 Å². The predicted octanol–water partition coefficient (Wildman–Crippen LogP) is 6.63. The molecule has 0 saturated heterocycles. The van der Waals surface area contributed by atoms with Crippen LogP contribution in [0.1, 0.15) is 29.2 Å². The molecule has 0 spiro atoms. The van der Waals surface area contributed by atoms with Crippen molar-refractivity contribution < 1.29 is 23.8 Å². The lowest BCUT2D eigenvalue weighted by Gasteiger charge is -2.08. The van der Waals surface area contributed by atoms with Crippen molar-refractivity contribution in [3.05, 3.63) is 117 Å². The number of nitrogen functional groups attached to an aromatic ring is 3. The fourth-order valence-electron chi connectivity index (χ4n) is 4.76. The molecule has 51 heavy (non-hydrogen) atoms. The maximum Gasteiger partial charge on any atom is 0.269 e. The lowest BCUT2D eigenvalue weighted by Crippen LogP contribution is -2.76. The van der Waals surface area contributed by atoms with E-state index in [4.69, 9.17) is 31.1 Å². The molecule has 0 unspecified atom stereocenters. The summed E-state index contributed by atoms with van der Waals surface area (Å²) in [5.41, 5.74) is 27.1. The van der Waals surface area contributed by atoms with Crippen LogP contribution in [0, 0.1) is 37.8 Å². The summed E-state index contributed by atoms with van der Waals surface area (Å²) < 4.78 is 16.1. The van der Waals surface area contributed by atoms with Crippen LogP contribution in [0.4, 0.5) is 34.1 Å². The quantitative estimate of drug-likeness (QED) is 0.0486. The van der Waals surface area contributed by atoms with Crippen LogP contribution in [0.3, 0.4) is 0 Å². The molecular weight excluding hydrogens is 648 g/mol. The van der Waals surface area contributed by atoms with Crippen LogP contribution in [-0.4, -0.2) is 30.7 Å². The van der Waals surface area contributed by atoms with Gasteiger partial charge in [0.05, 0.1) is 30.9 Å². The summed E-state index contributed by atoms with van der Waals surface area (Å²) in [6.07, 6.45) is 0. The van der Waals surface area contributed by atoms with E-state index in [0.29, 0.717) is 28.4 Å². The third-order valence-corrected chi connectivity index (χ3v) is 7.87. The van der Waals surface area contributed by atoms with E-state index in [1.54, 1.807) is 19.2 Å². The molecule has 1 heterocycles. The van der Waals surface area contributed by atoms with E-state index in [9.17, 15) is 10.1 Å². The number of non-ortho nitro benzene ring substituents is 1. The summed E-state index contributed by atoms with van der Waals surface area (Å²) in [5.74, 6) is 2.09. The van der Waals surface area contributed by atoms with Gasteiger partial charge in [-0.15, -0.1) is 5.11 Å². The van der Waals surface area contributed by atoms with Gasteiger partial charge in [0.1, 0.15) is 34.9 Å². The highest BCUT2D eigenvalue weighted by atomic mass is 16.6. The van der Waals surface area contributed by atoms with Crippen LogP contribution < -0.4 is 37.0 Å². The summed E-state index contributed by atoms with van der Waals surface area (Å²) in [6.45, 7) is 10.8. The molecule has 0 radical (unpaired) electrons. The Bertz CT molecular complexity index is 2230. The van der Waals surface area contributed by atoms with E-state index >= 15 is 0 Å². The Morgan fingerprint density at radius 2 is 1.45 bits per heavy atom. The smallest absolute Gasteiger partial charge is 0.269 e. The van der Waals surface area contributed by atoms with Crippen molar-refractivity contribution in [2.24, 2.45) is 10.2 Å². The number of methoxy groups -OCH3 is 2. The molecule has 6 rings (SSSR count). The average Bonchev–Trinajstić information content (AvgIpc) is 3.11. The van der Waals surface area contributed by atoms with E-state index in [-0.39, 0.29) is 5.69 Å². The number of nitrogens with zero attached hydrogens (tertiary/aromatic N) is 4. The number of nitro benzene ring substituents is 1. The van der Waals surface area contributed by atoms with E-state index in [0.717, 1.165) is 68.3 Å². The van der Waals surface area contributed by atoms with Crippen molar-refractivity contribution in [1.82, 2.24) is 4.98 Å². The first kappa shape index (κ1) is 37.3. The molecule has 1 aliphatic carbocycles. The minimum atomic E-state index is -0.465. The number of aryl methyl sites for hydroxylation is 4. The van der Waals surface area contributed by atoms with Gasteiger partial charge < -0.3 is 31.1 Å². The van der Waals surface area contributed by atoms with Gasteiger partial charge in [-0.05, 0) is 87.7 Å². The van der Waals surface area contributed by atoms with Crippen LogP contribution in [0.5, 0.6) is 11.5 Å². The molecule has 4 aromatic carbocycles. The van der Waals surface area contributed by atoms with Gasteiger partial charge in [0, 0.05) is 53.0 Å². The molecule has 2 aliphatic rings. The number of nitro groups is 1. The Hall–Kier alpha value is -6.50. The molecule has 7 N–H and O–H groups in total. The van der Waals surface area contributed by atoms with Gasteiger partial charge in [-0.25, -0.2) is 9.98 Å². The van der Waals surface area contributed by atoms with Crippen LogP contribution in [0.25, 0.3) is 22.6 Å². The Balaban J connectivity index is 0.000000182. The van der Waals surface area contributed by atoms with Crippen molar-refractivity contribution in [3.63, 3.8) is 0 Å². The highest BCUT2D eigenvalue weighted by molar-refractivity contribution is 5.81. The summed E-state index contributed by atoms with van der Waals surface area (Å²) in [4.78, 5) is 18.1. The van der Waals surface area contributed by atoms with Gasteiger partial charge in [0.2, 0.25) is 5.36 Å². The van der Waals surface area contributed by atoms with Crippen LogP contribution in [0.15, 0.2) is 93.5 Å². The largest absolute Gasteiger partial charge is 0.497 e. The Kier molecular flexibility index (Phi) is 12.3. The highest BCUT2D eigenvalue weighted by Crippen LogP contribution is 2.33. The van der Waals surface area contributed by atoms with E-state index in [2.05, 4.69) is 34.1 Å². The van der Waals surface area contributed by atoms with Gasteiger partial charge >= 0.3 is 0 Å². The number of aromatic nitrogens is 1. The number of fused-ring (bicyclic) bond motifs is 2. The highest BCUT2D eigenvalue weighted by Gasteiger charge is 2.13. The van der Waals surface area contributed by atoms with Gasteiger partial charge in [0.15, 0.2) is 11.3 Å². The standard InChI is InChI=1S/C16H17N3O.C14H14N4O3.C8H11NO/c1-4-18-12-8-16-14(6-10(12)3)19-13-5-9(2)11(17)7-15(13)20-16;1-9-7-13(14(21-2)8-12(9)15)17-16-10-3-5-11(6-4-10)18(19)20;1-6-3-4-7(10-2)5-8(6)9/h5-8H,4,17H2,1-3H3;3-8H,15H2,1-2H3;3-5H,9H2,1-2H3/p+1. The molecule has 0 atom stereocenters. The second-order valence-corrected chi connectivity index (χ2v) is 11.6. The number of rotatable bonds is 6. The summed E-state index contributed by atoms with van der Waals surface area (Å²) >= 11 is 0. The van der Waals surface area contributed by atoms with Crippen LogP contribution in [-0.2, 0) is 0 Å². The summed E-state index contributed by atoms with van der Waals surface area (Å²) in [7, 11) is 3.15. The molecule has 0 saturated carbocycles. The number of hydrogen-bond acceptors (Lipinski definition) is 11. The molecule has 0 aromatic heterocycles. The Morgan fingerprint density at radius 3 is 2.08 bits per heavy atom. The lowest BCUT2D eigenvalue weighted by molar-refractivity contribution is -0.496. The lowest BCUT2D eigenvalue weighted by atomic mass is 10.1. The molecule has 4 aromatic rings. The van der Waals surface area contributed by atoms with Crippen LogP contribution >= 0.6 is 0 Å². The zero-order valence-corrected chi connectivity index (χ0v) is 29.8. The first-order valence-corrected chi connectivity index (χ1v) is 16.0. The second kappa shape index (κ2) is 16.7. The van der Waals surface area contributed by atoms with Gasteiger partial charge in [-0.1, -0.05) is 6.07 Å². The molecule has 13 heteroatoms. The summed E-state index contributed by atoms with van der Waals surface area (Å²) in [6, 6.07) is 22.7.